The van der Waals surface area contributed by atoms with Gasteiger partial charge in [-0.25, -0.2) is 8.78 Å². The second-order valence-corrected chi connectivity index (χ2v) is 5.54. The molecule has 0 spiro atoms. The number of carbonyl (C=O) groups excluding carboxylic acids is 1. The number of benzene rings is 1. The Balaban J connectivity index is 1.55. The van der Waals surface area contributed by atoms with Crippen LogP contribution < -0.4 is 0 Å². The van der Waals surface area contributed by atoms with Crippen LogP contribution >= 0.6 is 0 Å². The zero-order valence-electron chi connectivity index (χ0n) is 13.5. The monoisotopic (exact) mass is 340 g/mol. The van der Waals surface area contributed by atoms with Gasteiger partial charge in [-0.3, -0.25) is 4.79 Å². The molecule has 4 nitrogen and oxygen atoms in total. The zero-order valence-corrected chi connectivity index (χ0v) is 13.5. The molecule has 0 N–H and O–H groups in total. The Bertz CT molecular complexity index is 554. The Kier molecular flexibility index (Phi) is 7.85. The van der Waals surface area contributed by atoms with Crippen LogP contribution in [0.25, 0.3) is 0 Å². The van der Waals surface area contributed by atoms with Gasteiger partial charge in [0.15, 0.2) is 17.9 Å². The molecule has 0 aromatic heterocycles. The van der Waals surface area contributed by atoms with Crippen LogP contribution in [0, 0.1) is 11.6 Å². The van der Waals surface area contributed by atoms with E-state index in [0.717, 1.165) is 38.0 Å². The van der Waals surface area contributed by atoms with E-state index in [1.807, 2.05) is 6.08 Å². The van der Waals surface area contributed by atoms with E-state index in [9.17, 15) is 13.6 Å². The van der Waals surface area contributed by atoms with Gasteiger partial charge in [0.25, 0.3) is 0 Å². The largest absolute Gasteiger partial charge is 0.461 e. The molecular weight excluding hydrogens is 318 g/mol. The molecule has 1 atom stereocenters. The number of hydrogen-bond donors (Lipinski definition) is 0. The van der Waals surface area contributed by atoms with Crippen LogP contribution in [0.5, 0.6) is 0 Å². The van der Waals surface area contributed by atoms with Crippen LogP contribution in [0.3, 0.4) is 0 Å². The lowest BCUT2D eigenvalue weighted by molar-refractivity contribution is -0.161. The summed E-state index contributed by atoms with van der Waals surface area (Å²) in [6.45, 7) is 1.46. The average molecular weight is 340 g/mol. The number of halogens is 2. The molecule has 0 amide bonds. The SMILES string of the molecule is O=C(Cc1ccc(F)c(F)c1)OC/C=C/CCO[C@@H]1CCCCO1. The second-order valence-electron chi connectivity index (χ2n) is 5.54. The molecule has 1 saturated heterocycles. The summed E-state index contributed by atoms with van der Waals surface area (Å²) < 4.78 is 41.8. The van der Waals surface area contributed by atoms with Gasteiger partial charge in [0.1, 0.15) is 6.61 Å². The Hall–Kier alpha value is -1.79. The number of rotatable bonds is 8. The lowest BCUT2D eigenvalue weighted by atomic mass is 10.1. The van der Waals surface area contributed by atoms with Crippen LogP contribution in [-0.4, -0.2) is 32.1 Å². The molecule has 132 valence electrons. The number of hydrogen-bond acceptors (Lipinski definition) is 4. The molecule has 0 unspecified atom stereocenters. The summed E-state index contributed by atoms with van der Waals surface area (Å²) in [6, 6.07) is 3.35. The van der Waals surface area contributed by atoms with Gasteiger partial charge < -0.3 is 14.2 Å². The third-order valence-corrected chi connectivity index (χ3v) is 3.57. The predicted molar refractivity (Wildman–Crippen MR) is 84.3 cm³/mol. The minimum Gasteiger partial charge on any atom is -0.461 e. The van der Waals surface area contributed by atoms with E-state index in [2.05, 4.69) is 0 Å². The number of esters is 1. The maximum absolute atomic E-state index is 13.0. The van der Waals surface area contributed by atoms with Crippen molar-refractivity contribution in [3.05, 3.63) is 47.5 Å². The molecule has 1 fully saturated rings. The van der Waals surface area contributed by atoms with Crippen molar-refractivity contribution in [1.29, 1.82) is 0 Å². The van der Waals surface area contributed by atoms with E-state index < -0.39 is 17.6 Å². The second kappa shape index (κ2) is 10.2. The summed E-state index contributed by atoms with van der Waals surface area (Å²) in [5.74, 6) is -2.39. The van der Waals surface area contributed by atoms with Crippen molar-refractivity contribution >= 4 is 5.97 Å². The molecule has 1 aromatic carbocycles. The van der Waals surface area contributed by atoms with E-state index in [4.69, 9.17) is 14.2 Å². The topological polar surface area (TPSA) is 44.8 Å². The fourth-order valence-corrected chi connectivity index (χ4v) is 2.30. The Morgan fingerprint density at radius 3 is 2.88 bits per heavy atom. The van der Waals surface area contributed by atoms with Crippen molar-refractivity contribution in [3.8, 4) is 0 Å². The first-order valence-corrected chi connectivity index (χ1v) is 8.13. The maximum Gasteiger partial charge on any atom is 0.310 e. The van der Waals surface area contributed by atoms with Gasteiger partial charge in [-0.1, -0.05) is 18.2 Å². The van der Waals surface area contributed by atoms with Crippen molar-refractivity contribution in [2.24, 2.45) is 0 Å². The van der Waals surface area contributed by atoms with Crippen LogP contribution in [0.15, 0.2) is 30.4 Å². The quantitative estimate of drug-likeness (QED) is 0.412. The highest BCUT2D eigenvalue weighted by Gasteiger charge is 2.13. The molecule has 6 heteroatoms. The third kappa shape index (κ3) is 6.76. The Labute approximate surface area is 140 Å². The minimum atomic E-state index is -0.970. The molecule has 1 heterocycles. The normalized spacial score (nSPS) is 18.0. The first-order valence-electron chi connectivity index (χ1n) is 8.13. The van der Waals surface area contributed by atoms with Crippen molar-refractivity contribution < 1.29 is 27.8 Å². The first kappa shape index (κ1) is 18.5. The highest BCUT2D eigenvalue weighted by molar-refractivity contribution is 5.72. The average Bonchev–Trinajstić information content (AvgIpc) is 2.58. The summed E-state index contributed by atoms with van der Waals surface area (Å²) in [5, 5.41) is 0. The molecule has 0 aliphatic carbocycles. The maximum atomic E-state index is 13.0. The molecule has 1 aromatic rings. The van der Waals surface area contributed by atoms with Crippen molar-refractivity contribution in [1.82, 2.24) is 0 Å². The summed E-state index contributed by atoms with van der Waals surface area (Å²) in [5.41, 5.74) is 0.378. The van der Waals surface area contributed by atoms with Crippen molar-refractivity contribution in [3.63, 3.8) is 0 Å². The van der Waals surface area contributed by atoms with Crippen molar-refractivity contribution in [2.75, 3.05) is 19.8 Å². The van der Waals surface area contributed by atoms with Crippen LogP contribution in [0.4, 0.5) is 8.78 Å². The van der Waals surface area contributed by atoms with Gasteiger partial charge in [-0.15, -0.1) is 0 Å². The fourth-order valence-electron chi connectivity index (χ4n) is 2.30. The minimum absolute atomic E-state index is 0.0901. The predicted octanol–water partition coefficient (Wildman–Crippen LogP) is 3.54. The fraction of sp³-hybridized carbons (Fsp3) is 0.500. The highest BCUT2D eigenvalue weighted by atomic mass is 19.2. The van der Waals surface area contributed by atoms with Gasteiger partial charge in [0.2, 0.25) is 0 Å². The van der Waals surface area contributed by atoms with E-state index in [-0.39, 0.29) is 19.3 Å². The zero-order chi connectivity index (χ0) is 17.2. The molecule has 1 aliphatic heterocycles. The molecule has 2 rings (SSSR count). The van der Waals surface area contributed by atoms with Crippen molar-refractivity contribution in [2.45, 2.75) is 38.4 Å². The van der Waals surface area contributed by atoms with E-state index in [1.165, 1.54) is 6.07 Å². The van der Waals surface area contributed by atoms with E-state index in [0.29, 0.717) is 18.6 Å². The Morgan fingerprint density at radius 1 is 1.25 bits per heavy atom. The molecule has 0 radical (unpaired) electrons. The Morgan fingerprint density at radius 2 is 2.12 bits per heavy atom. The van der Waals surface area contributed by atoms with Crippen LogP contribution in [0.1, 0.15) is 31.2 Å². The summed E-state index contributed by atoms with van der Waals surface area (Å²) in [6.07, 6.45) is 7.28. The molecule has 0 saturated carbocycles. The van der Waals surface area contributed by atoms with Gasteiger partial charge in [-0.05, 0) is 43.4 Å². The lowest BCUT2D eigenvalue weighted by Crippen LogP contribution is -2.22. The van der Waals surface area contributed by atoms with Gasteiger partial charge in [0, 0.05) is 6.61 Å². The molecule has 1 aliphatic rings. The lowest BCUT2D eigenvalue weighted by Gasteiger charge is -2.22. The third-order valence-electron chi connectivity index (χ3n) is 3.57. The molecule has 0 bridgehead atoms. The van der Waals surface area contributed by atoms with Gasteiger partial charge in [0.05, 0.1) is 13.0 Å². The standard InChI is InChI=1S/C18H22F2O4/c19-15-8-7-14(12-16(15)20)13-17(21)22-9-3-1-4-10-23-18-6-2-5-11-24-18/h1,3,7-8,12,18H,2,4-6,9-11,13H2/b3-1+/t18-/m0/s1. The first-order chi connectivity index (χ1) is 11.6. The number of ether oxygens (including phenoxy) is 3. The van der Waals surface area contributed by atoms with Gasteiger partial charge in [-0.2, -0.15) is 0 Å². The molecule has 24 heavy (non-hydrogen) atoms. The summed E-state index contributed by atoms with van der Waals surface area (Å²) in [4.78, 5) is 11.6. The van der Waals surface area contributed by atoms with E-state index >= 15 is 0 Å². The summed E-state index contributed by atoms with van der Waals surface area (Å²) >= 11 is 0. The number of carbonyl (C=O) groups is 1. The molecular formula is C18H22F2O4. The summed E-state index contributed by atoms with van der Waals surface area (Å²) in [7, 11) is 0. The van der Waals surface area contributed by atoms with Crippen LogP contribution in [0.2, 0.25) is 0 Å². The highest BCUT2D eigenvalue weighted by Crippen LogP contribution is 2.13. The van der Waals surface area contributed by atoms with Gasteiger partial charge >= 0.3 is 5.97 Å². The van der Waals surface area contributed by atoms with E-state index in [1.54, 1.807) is 6.08 Å². The smallest absolute Gasteiger partial charge is 0.310 e. The van der Waals surface area contributed by atoms with Crippen LogP contribution in [-0.2, 0) is 25.4 Å².